The zero-order chi connectivity index (χ0) is 35.1. The van der Waals surface area contributed by atoms with E-state index in [0.29, 0.717) is 18.9 Å². The van der Waals surface area contributed by atoms with Crippen LogP contribution in [0.15, 0.2) is 71.4 Å². The molecule has 8 nitrogen and oxygen atoms in total. The van der Waals surface area contributed by atoms with Gasteiger partial charge >= 0.3 is 0 Å². The van der Waals surface area contributed by atoms with Crippen molar-refractivity contribution in [3.63, 3.8) is 0 Å². The number of amides is 1. The number of methoxy groups -OCH3 is 1. The minimum atomic E-state index is -3.65. The molecule has 1 heterocycles. The highest BCUT2D eigenvalue weighted by atomic mass is 35.5. The summed E-state index contributed by atoms with van der Waals surface area (Å²) in [6.07, 6.45) is 16.9. The number of ether oxygens (including phenoxy) is 1. The lowest BCUT2D eigenvalue weighted by atomic mass is 10.1. The van der Waals surface area contributed by atoms with Gasteiger partial charge in [-0.3, -0.25) is 9.69 Å². The van der Waals surface area contributed by atoms with Crippen LogP contribution in [-0.4, -0.2) is 87.6 Å². The van der Waals surface area contributed by atoms with E-state index in [4.69, 9.17) is 21.1 Å². The highest BCUT2D eigenvalue weighted by Crippen LogP contribution is 2.18. The van der Waals surface area contributed by atoms with E-state index in [9.17, 15) is 13.2 Å². The van der Waals surface area contributed by atoms with Crippen molar-refractivity contribution >= 4 is 34.3 Å². The summed E-state index contributed by atoms with van der Waals surface area (Å²) in [5, 5.41) is 0.771. The summed E-state index contributed by atoms with van der Waals surface area (Å²) in [5.74, 6) is 0.105. The van der Waals surface area contributed by atoms with Crippen LogP contribution in [0.1, 0.15) is 81.6 Å². The largest absolute Gasteiger partial charge is 0.504 e. The second kappa shape index (κ2) is 31.9. The van der Waals surface area contributed by atoms with Crippen molar-refractivity contribution in [2.45, 2.75) is 93.7 Å². The Morgan fingerprint density at radius 2 is 1.68 bits per heavy atom. The molecule has 0 radical (unpaired) electrons. The van der Waals surface area contributed by atoms with Crippen molar-refractivity contribution in [3.05, 3.63) is 71.4 Å². The fourth-order valence-electron chi connectivity index (χ4n) is 3.75. The first kappa shape index (κ1) is 48.4. The maximum atomic E-state index is 12.7. The molecule has 44 heavy (non-hydrogen) atoms. The van der Waals surface area contributed by atoms with Crippen LogP contribution < -0.4 is 0 Å². The zero-order valence-electron chi connectivity index (χ0n) is 29.4. The molecule has 1 aliphatic heterocycles. The number of nitrogens with zero attached hydrogens (tertiary/aromatic N) is 3. The normalized spacial score (nSPS) is 16.0. The molecule has 0 N–H and O–H groups in total. The van der Waals surface area contributed by atoms with Crippen molar-refractivity contribution in [3.8, 4) is 0 Å². The number of sulfonamides is 1. The van der Waals surface area contributed by atoms with Gasteiger partial charge in [-0.15, -0.1) is 0 Å². The molecule has 0 saturated carbocycles. The molecule has 0 aromatic heterocycles. The third-order valence-corrected chi connectivity index (χ3v) is 8.36. The summed E-state index contributed by atoms with van der Waals surface area (Å²) in [7, 11) is -0.640. The Morgan fingerprint density at radius 1 is 1.09 bits per heavy atom. The first-order valence-electron chi connectivity index (χ1n) is 15.4. The highest BCUT2D eigenvalue weighted by molar-refractivity contribution is 7.93. The van der Waals surface area contributed by atoms with E-state index in [-0.39, 0.29) is 23.4 Å². The first-order valence-corrected chi connectivity index (χ1v) is 17.2. The molecule has 1 fully saturated rings. The Kier molecular flexibility index (Phi) is 35.2. The second-order valence-electron chi connectivity index (χ2n) is 9.06. The summed E-state index contributed by atoms with van der Waals surface area (Å²) in [6, 6.07) is 0.703. The van der Waals surface area contributed by atoms with Crippen molar-refractivity contribution in [2.24, 2.45) is 0 Å². The molecular formula is C34H62ClN3O5S. The Balaban J connectivity index is -0.000000447. The second-order valence-corrected chi connectivity index (χ2v) is 11.5. The van der Waals surface area contributed by atoms with Gasteiger partial charge in [-0.25, -0.2) is 12.7 Å². The van der Waals surface area contributed by atoms with Gasteiger partial charge in [0.1, 0.15) is 6.79 Å². The number of piperazine rings is 1. The van der Waals surface area contributed by atoms with Crippen molar-refractivity contribution in [2.75, 3.05) is 40.3 Å². The predicted octanol–water partition coefficient (Wildman–Crippen LogP) is 7.72. The van der Waals surface area contributed by atoms with E-state index in [2.05, 4.69) is 32.3 Å². The number of rotatable bonds is 13. The number of hydrogen-bond donors (Lipinski definition) is 0. The van der Waals surface area contributed by atoms with E-state index < -0.39 is 10.0 Å². The minimum absolute atomic E-state index is 0.0930. The highest BCUT2D eigenvalue weighted by Gasteiger charge is 2.30. The maximum Gasteiger partial charge on any atom is 0.242 e. The summed E-state index contributed by atoms with van der Waals surface area (Å²) >= 11 is 5.64. The zero-order valence-corrected chi connectivity index (χ0v) is 31.0. The average molecular weight is 660 g/mol. The lowest BCUT2D eigenvalue weighted by Gasteiger charge is -2.43. The van der Waals surface area contributed by atoms with Crippen LogP contribution in [0.3, 0.4) is 0 Å². The van der Waals surface area contributed by atoms with Gasteiger partial charge in [0.05, 0.1) is 18.3 Å². The molecule has 1 rings (SSSR count). The van der Waals surface area contributed by atoms with Gasteiger partial charge < -0.3 is 14.4 Å². The van der Waals surface area contributed by atoms with E-state index in [1.54, 1.807) is 0 Å². The molecule has 0 spiro atoms. The van der Waals surface area contributed by atoms with Crippen molar-refractivity contribution in [1.82, 2.24) is 14.1 Å². The van der Waals surface area contributed by atoms with E-state index in [1.807, 2.05) is 83.6 Å². The first-order chi connectivity index (χ1) is 21.0. The van der Waals surface area contributed by atoms with Gasteiger partial charge in [0.25, 0.3) is 0 Å². The fraction of sp³-hybridized carbons (Fsp3) is 0.588. The van der Waals surface area contributed by atoms with Crippen LogP contribution in [0.5, 0.6) is 0 Å². The average Bonchev–Trinajstić information content (AvgIpc) is 3.05. The molecule has 1 saturated heterocycles. The molecule has 1 amide bonds. The SMILES string of the molecule is C=C/C(=C\C=C\OC)S(=O)(=O)N(C)CCCC(=O)N1CCN(C(C)C)CC1CC.C=O.CC.CC.C\C=C/C=C\C(Cl)=C/C. The van der Waals surface area contributed by atoms with Crippen molar-refractivity contribution < 1.29 is 22.7 Å². The summed E-state index contributed by atoms with van der Waals surface area (Å²) in [4.78, 5) is 25.2. The molecule has 256 valence electrons. The topological polar surface area (TPSA) is 87.2 Å². The van der Waals surface area contributed by atoms with Gasteiger partial charge in [-0.2, -0.15) is 0 Å². The minimum Gasteiger partial charge on any atom is -0.504 e. The van der Waals surface area contributed by atoms with E-state index >= 15 is 0 Å². The number of carbonyl (C=O) groups is 2. The van der Waals surface area contributed by atoms with Crippen LogP contribution in [-0.2, 0) is 24.3 Å². The van der Waals surface area contributed by atoms with Crippen LogP contribution >= 0.6 is 11.6 Å². The molecule has 0 aromatic carbocycles. The monoisotopic (exact) mass is 659 g/mol. The summed E-state index contributed by atoms with van der Waals surface area (Å²) in [5.41, 5.74) is 0. The van der Waals surface area contributed by atoms with Crippen LogP contribution in [0.25, 0.3) is 0 Å². The smallest absolute Gasteiger partial charge is 0.242 e. The number of allylic oxidation sites excluding steroid dienone is 9. The Labute approximate surface area is 275 Å². The predicted molar refractivity (Wildman–Crippen MR) is 191 cm³/mol. The standard InChI is InChI=1S/C21H37N3O4S.C8H11Cl.2C2H6.CH2O/c1-7-19-17-23(18(3)4)14-15-24(19)21(25)12-9-13-22(5)29(26,27)20(8-2)11-10-16-28-6;1-3-5-6-7-8(9)4-2;3*1-2/h8,10-11,16,18-19H,2,7,9,12-15,17H2,1,3-6H3;3-7H,1-2H3;2*1-2H3;1H2/b16-10+,20-11+;5-3-,7-6-,8-4+;;;. The molecule has 10 heteroatoms. The lowest BCUT2D eigenvalue weighted by Crippen LogP contribution is -2.56. The van der Waals surface area contributed by atoms with Gasteiger partial charge in [-0.05, 0) is 64.8 Å². The van der Waals surface area contributed by atoms with Gasteiger partial charge in [-0.1, -0.05) is 77.1 Å². The van der Waals surface area contributed by atoms with Gasteiger partial charge in [0.15, 0.2) is 0 Å². The molecule has 1 atom stereocenters. The van der Waals surface area contributed by atoms with Gasteiger partial charge in [0.2, 0.25) is 15.9 Å². The Morgan fingerprint density at radius 3 is 2.14 bits per heavy atom. The Bertz CT molecular complexity index is 989. The number of hydrogen-bond acceptors (Lipinski definition) is 6. The number of halogens is 1. The lowest BCUT2D eigenvalue weighted by molar-refractivity contribution is -0.136. The van der Waals surface area contributed by atoms with Crippen LogP contribution in [0, 0.1) is 0 Å². The van der Waals surface area contributed by atoms with Crippen LogP contribution in [0.2, 0.25) is 0 Å². The third kappa shape index (κ3) is 21.3. The van der Waals surface area contributed by atoms with E-state index in [1.165, 1.54) is 43.0 Å². The number of carbonyl (C=O) groups excluding carboxylic acids is 2. The fourth-order valence-corrected chi connectivity index (χ4v) is 5.01. The van der Waals surface area contributed by atoms with Gasteiger partial charge in [0, 0.05) is 56.8 Å². The quantitative estimate of drug-likeness (QED) is 0.149. The molecule has 1 aliphatic rings. The summed E-state index contributed by atoms with van der Waals surface area (Å²) < 4.78 is 31.3. The molecule has 0 aliphatic carbocycles. The maximum absolute atomic E-state index is 12.7. The molecule has 1 unspecified atom stereocenters. The van der Waals surface area contributed by atoms with E-state index in [0.717, 1.165) is 31.1 Å². The molecule has 0 aromatic rings. The summed E-state index contributed by atoms with van der Waals surface area (Å²) in [6.45, 7) is 26.7. The third-order valence-electron chi connectivity index (χ3n) is 6.12. The van der Waals surface area contributed by atoms with Crippen molar-refractivity contribution in [1.29, 1.82) is 0 Å². The molecular weight excluding hydrogens is 598 g/mol. The van der Waals surface area contributed by atoms with Crippen LogP contribution in [0.4, 0.5) is 0 Å². The Hall–Kier alpha value is -2.46. The molecule has 0 bridgehead atoms.